The number of hydrogen-bond acceptors (Lipinski definition) is 6. The van der Waals surface area contributed by atoms with Gasteiger partial charge in [0.1, 0.15) is 21.5 Å². The van der Waals surface area contributed by atoms with Gasteiger partial charge in [0, 0.05) is 5.56 Å². The van der Waals surface area contributed by atoms with Crippen LogP contribution in [-0.4, -0.2) is 28.0 Å². The van der Waals surface area contributed by atoms with Crippen molar-refractivity contribution in [3.63, 3.8) is 0 Å². The summed E-state index contributed by atoms with van der Waals surface area (Å²) in [5.41, 5.74) is 2.93. The van der Waals surface area contributed by atoms with E-state index in [0.717, 1.165) is 43.4 Å². The van der Waals surface area contributed by atoms with Crippen molar-refractivity contribution < 1.29 is 4.74 Å². The molecule has 118 valence electrons. The van der Waals surface area contributed by atoms with Crippen LogP contribution in [-0.2, 0) is 0 Å². The molecule has 0 atom stereocenters. The van der Waals surface area contributed by atoms with Crippen LogP contribution in [0.4, 0.5) is 0 Å². The Hall–Kier alpha value is -1.92. The summed E-state index contributed by atoms with van der Waals surface area (Å²) in [6.45, 7) is 4.12. The summed E-state index contributed by atoms with van der Waals surface area (Å²) < 4.78 is 5.20. The standard InChI is InChI=1S/C17H17N3OS2/c1-4-22-15-10-9-14(19-20-15)16-11(2)18-17(23-16)12-5-7-13(21-3)8-6-12/h5-10H,4H2,1-3H3. The van der Waals surface area contributed by atoms with Crippen LogP contribution >= 0.6 is 23.1 Å². The van der Waals surface area contributed by atoms with Crippen LogP contribution in [0, 0.1) is 6.92 Å². The van der Waals surface area contributed by atoms with Crippen LogP contribution in [0.3, 0.4) is 0 Å². The zero-order chi connectivity index (χ0) is 16.2. The van der Waals surface area contributed by atoms with Crippen LogP contribution in [0.1, 0.15) is 12.6 Å². The summed E-state index contributed by atoms with van der Waals surface area (Å²) in [5.74, 6) is 1.84. The van der Waals surface area contributed by atoms with Crippen molar-refractivity contribution in [2.75, 3.05) is 12.9 Å². The van der Waals surface area contributed by atoms with Gasteiger partial charge in [-0.1, -0.05) is 6.92 Å². The number of methoxy groups -OCH3 is 1. The summed E-state index contributed by atoms with van der Waals surface area (Å²) in [5, 5.41) is 10.5. The number of aromatic nitrogens is 3. The maximum atomic E-state index is 5.20. The molecule has 0 radical (unpaired) electrons. The minimum Gasteiger partial charge on any atom is -0.497 e. The summed E-state index contributed by atoms with van der Waals surface area (Å²) in [4.78, 5) is 5.74. The first kappa shape index (κ1) is 16.0. The van der Waals surface area contributed by atoms with E-state index in [2.05, 4.69) is 22.1 Å². The van der Waals surface area contributed by atoms with Gasteiger partial charge in [0.2, 0.25) is 0 Å². The average molecular weight is 343 g/mol. The monoisotopic (exact) mass is 343 g/mol. The topological polar surface area (TPSA) is 47.9 Å². The summed E-state index contributed by atoms with van der Waals surface area (Å²) in [6, 6.07) is 12.0. The molecular weight excluding hydrogens is 326 g/mol. The van der Waals surface area contributed by atoms with Crippen molar-refractivity contribution in [3.8, 4) is 26.9 Å². The Morgan fingerprint density at radius 1 is 1.09 bits per heavy atom. The van der Waals surface area contributed by atoms with Gasteiger partial charge in [-0.2, -0.15) is 0 Å². The molecule has 0 spiro atoms. The molecule has 2 heterocycles. The van der Waals surface area contributed by atoms with Gasteiger partial charge in [-0.05, 0) is 49.1 Å². The zero-order valence-electron chi connectivity index (χ0n) is 13.2. The van der Waals surface area contributed by atoms with E-state index in [1.165, 1.54) is 0 Å². The Balaban J connectivity index is 1.90. The quantitative estimate of drug-likeness (QED) is 0.629. The van der Waals surface area contributed by atoms with Crippen LogP contribution in [0.5, 0.6) is 5.75 Å². The van der Waals surface area contributed by atoms with Crippen LogP contribution in [0.25, 0.3) is 21.1 Å². The van der Waals surface area contributed by atoms with Crippen molar-refractivity contribution in [2.45, 2.75) is 18.9 Å². The van der Waals surface area contributed by atoms with Gasteiger partial charge in [0.15, 0.2) is 0 Å². The molecule has 1 aromatic carbocycles. The molecule has 0 fully saturated rings. The molecule has 3 rings (SSSR count). The van der Waals surface area contributed by atoms with Gasteiger partial charge in [-0.3, -0.25) is 0 Å². The van der Waals surface area contributed by atoms with Gasteiger partial charge in [0.05, 0.1) is 17.7 Å². The lowest BCUT2D eigenvalue weighted by Crippen LogP contribution is -1.89. The van der Waals surface area contributed by atoms with Gasteiger partial charge < -0.3 is 4.74 Å². The van der Waals surface area contributed by atoms with E-state index in [9.17, 15) is 0 Å². The fourth-order valence-electron chi connectivity index (χ4n) is 2.16. The molecule has 0 amide bonds. The molecule has 0 aliphatic heterocycles. The van der Waals surface area contributed by atoms with Crippen molar-refractivity contribution in [1.82, 2.24) is 15.2 Å². The third kappa shape index (κ3) is 3.54. The first-order valence-corrected chi connectivity index (χ1v) is 9.10. The maximum Gasteiger partial charge on any atom is 0.124 e. The second kappa shape index (κ2) is 7.10. The maximum absolute atomic E-state index is 5.20. The second-order valence-electron chi connectivity index (χ2n) is 4.85. The SMILES string of the molecule is CCSc1ccc(-c2sc(-c3ccc(OC)cc3)nc2C)nn1. The number of nitrogens with zero attached hydrogens (tertiary/aromatic N) is 3. The van der Waals surface area contributed by atoms with Gasteiger partial charge in [0.25, 0.3) is 0 Å². The Bertz CT molecular complexity index is 783. The van der Waals surface area contributed by atoms with E-state index in [1.54, 1.807) is 30.2 Å². The fourth-order valence-corrected chi connectivity index (χ4v) is 3.75. The zero-order valence-corrected chi connectivity index (χ0v) is 14.9. The van der Waals surface area contributed by atoms with Gasteiger partial charge in [-0.15, -0.1) is 33.3 Å². The number of thioether (sulfide) groups is 1. The number of hydrogen-bond donors (Lipinski definition) is 0. The number of thiazole rings is 1. The predicted molar refractivity (Wildman–Crippen MR) is 96.3 cm³/mol. The number of rotatable bonds is 5. The smallest absolute Gasteiger partial charge is 0.124 e. The first-order chi connectivity index (χ1) is 11.2. The lowest BCUT2D eigenvalue weighted by atomic mass is 10.2. The number of aryl methyl sites for hydroxylation is 1. The third-order valence-electron chi connectivity index (χ3n) is 3.30. The molecule has 2 aromatic heterocycles. The highest BCUT2D eigenvalue weighted by Gasteiger charge is 2.13. The second-order valence-corrected chi connectivity index (χ2v) is 7.14. The van der Waals surface area contributed by atoms with E-state index in [-0.39, 0.29) is 0 Å². The molecule has 0 saturated heterocycles. The third-order valence-corrected chi connectivity index (χ3v) is 5.33. The molecule has 0 unspecified atom stereocenters. The van der Waals surface area contributed by atoms with Crippen LogP contribution in [0.2, 0.25) is 0 Å². The van der Waals surface area contributed by atoms with E-state index in [4.69, 9.17) is 4.74 Å². The van der Waals surface area contributed by atoms with E-state index >= 15 is 0 Å². The van der Waals surface area contributed by atoms with Crippen molar-refractivity contribution in [3.05, 3.63) is 42.1 Å². The molecule has 4 nitrogen and oxygen atoms in total. The molecule has 3 aromatic rings. The highest BCUT2D eigenvalue weighted by molar-refractivity contribution is 7.99. The van der Waals surface area contributed by atoms with E-state index < -0.39 is 0 Å². The Kier molecular flexibility index (Phi) is 4.93. The number of ether oxygens (including phenoxy) is 1. The lowest BCUT2D eigenvalue weighted by Gasteiger charge is -2.00. The summed E-state index contributed by atoms with van der Waals surface area (Å²) in [7, 11) is 1.67. The van der Waals surface area contributed by atoms with Gasteiger partial charge in [-0.25, -0.2) is 4.98 Å². The van der Waals surface area contributed by atoms with E-state index in [0.29, 0.717) is 0 Å². The lowest BCUT2D eigenvalue weighted by molar-refractivity contribution is 0.415. The normalized spacial score (nSPS) is 10.7. The molecule has 0 saturated carbocycles. The molecule has 0 bridgehead atoms. The minimum absolute atomic E-state index is 0.845. The van der Waals surface area contributed by atoms with Crippen molar-refractivity contribution in [1.29, 1.82) is 0 Å². The molecule has 0 aliphatic carbocycles. The highest BCUT2D eigenvalue weighted by atomic mass is 32.2. The Labute approximate surface area is 144 Å². The molecule has 0 N–H and O–H groups in total. The predicted octanol–water partition coefficient (Wildman–Crippen LogP) is 4.70. The molecule has 23 heavy (non-hydrogen) atoms. The molecule has 0 aliphatic rings. The van der Waals surface area contributed by atoms with Gasteiger partial charge >= 0.3 is 0 Å². The Morgan fingerprint density at radius 2 is 1.87 bits per heavy atom. The average Bonchev–Trinajstić information content (AvgIpc) is 2.98. The van der Waals surface area contributed by atoms with Crippen LogP contribution in [0.15, 0.2) is 41.4 Å². The van der Waals surface area contributed by atoms with E-state index in [1.807, 2.05) is 43.3 Å². The highest BCUT2D eigenvalue weighted by Crippen LogP contribution is 2.34. The fraction of sp³-hybridized carbons (Fsp3) is 0.235. The molecular formula is C17H17N3OS2. The minimum atomic E-state index is 0.845. The largest absolute Gasteiger partial charge is 0.497 e. The first-order valence-electron chi connectivity index (χ1n) is 7.30. The molecule has 6 heteroatoms. The van der Waals surface area contributed by atoms with Crippen molar-refractivity contribution in [2.24, 2.45) is 0 Å². The summed E-state index contributed by atoms with van der Waals surface area (Å²) >= 11 is 3.33. The van der Waals surface area contributed by atoms with Crippen LogP contribution < -0.4 is 4.74 Å². The Morgan fingerprint density at radius 3 is 2.48 bits per heavy atom. The van der Waals surface area contributed by atoms with Crippen molar-refractivity contribution >= 4 is 23.1 Å². The summed E-state index contributed by atoms with van der Waals surface area (Å²) in [6.07, 6.45) is 0. The number of benzene rings is 1.